The third-order valence-electron chi connectivity index (χ3n) is 21.3. The molecule has 0 amide bonds. The van der Waals surface area contributed by atoms with Gasteiger partial charge in [-0.3, -0.25) is 4.79 Å². The highest BCUT2D eigenvalue weighted by Gasteiger charge is 2.46. The van der Waals surface area contributed by atoms with Gasteiger partial charge in [0.25, 0.3) is 0 Å². The average molecular weight is 1720 g/mol. The first-order valence-corrected chi connectivity index (χ1v) is 49.9. The summed E-state index contributed by atoms with van der Waals surface area (Å²) < 4.78 is 37.0. The van der Waals surface area contributed by atoms with Crippen LogP contribution in [0, 0.1) is 0 Å². The maximum absolute atomic E-state index is 12.9. The fraction of sp³-hybridized carbons (Fsp3) is 0.00909. The van der Waals surface area contributed by atoms with Crippen LogP contribution in [-0.4, -0.2) is 8.42 Å². The molecule has 0 saturated carbocycles. The van der Waals surface area contributed by atoms with Crippen LogP contribution in [0.15, 0.2) is 556 Å². The van der Waals surface area contributed by atoms with Crippen molar-refractivity contribution in [3.63, 3.8) is 0 Å². The fourth-order valence-corrected chi connectivity index (χ4v) is 33.7. The van der Waals surface area contributed by atoms with E-state index in [1.165, 1.54) is 94.9 Å². The lowest BCUT2D eigenvalue weighted by Crippen LogP contribution is -2.20. The van der Waals surface area contributed by atoms with Crippen molar-refractivity contribution in [2.24, 2.45) is 0 Å². The van der Waals surface area contributed by atoms with Crippen LogP contribution in [0.1, 0.15) is 11.1 Å². The lowest BCUT2D eigenvalue weighted by molar-refractivity contribution is 0.453. The van der Waals surface area contributed by atoms with Gasteiger partial charge in [0.2, 0.25) is 25.1 Å². The SMILES string of the molecule is O=S1(=O)c2ccccc2[S+](c2ccccc2)c2ccccc21.O=c1c2ccccc2[s+](-c2ccccc2)c2ccccc12.c1ccc(-[s+]2c3ccccc3c3ccccc32)cc1.c1ccc([S+]2c3ccccc3Cc3ccccc32)cc1.c1ccc([S+]2c3ccccc3Oc3ccccc32)cc1.c1ccc([S+]2c3ccccc3Sc3ccccc32)cc1. The second-order valence-corrected chi connectivity index (χ2v) is 43.6. The van der Waals surface area contributed by atoms with Crippen LogP contribution in [0.5, 0.6) is 11.5 Å². The molecule has 24 rings (SSSR count). The van der Waals surface area contributed by atoms with Gasteiger partial charge in [-0.05, 0) is 206 Å². The van der Waals surface area contributed by atoms with E-state index in [1.807, 2.05) is 121 Å². The van der Waals surface area contributed by atoms with Crippen molar-refractivity contribution in [1.29, 1.82) is 0 Å². The summed E-state index contributed by atoms with van der Waals surface area (Å²) in [5, 5.41) is 4.46. The molecule has 6 heterocycles. The van der Waals surface area contributed by atoms with Crippen molar-refractivity contribution in [2.75, 3.05) is 0 Å². The first kappa shape index (κ1) is 79.4. The van der Waals surface area contributed by atoms with E-state index < -0.39 is 9.84 Å². The molecule has 0 unspecified atom stereocenters. The Bertz CT molecular complexity index is 6700. The van der Waals surface area contributed by atoms with E-state index in [-0.39, 0.29) is 69.9 Å². The van der Waals surface area contributed by atoms with Crippen molar-refractivity contribution in [3.05, 3.63) is 495 Å². The van der Waals surface area contributed by atoms with Crippen LogP contribution < -0.4 is 10.2 Å². The lowest BCUT2D eigenvalue weighted by atomic mass is 10.0. The minimum absolute atomic E-state index is 0.0212. The summed E-state index contributed by atoms with van der Waals surface area (Å²) in [6.45, 7) is 0. The monoisotopic (exact) mass is 1720 g/mol. The smallest absolute Gasteiger partial charge is 0.216 e. The normalized spacial score (nSPS) is 13.1. The number of hydrogen-bond acceptors (Lipinski definition) is 5. The van der Waals surface area contributed by atoms with Gasteiger partial charge < -0.3 is 4.74 Å². The minimum Gasteiger partial charge on any atom is -0.447 e. The molecular formula is C110H80O4S8+6. The average Bonchev–Trinajstić information content (AvgIpc) is 0.910. The summed E-state index contributed by atoms with van der Waals surface area (Å²) in [6, 6.07) is 164. The number of benzene rings is 18. The molecular weight excluding hydrogens is 1640 g/mol. The van der Waals surface area contributed by atoms with E-state index in [0.717, 1.165) is 52.8 Å². The first-order chi connectivity index (χ1) is 60.3. The van der Waals surface area contributed by atoms with E-state index in [0.29, 0.717) is 9.79 Å². The molecule has 4 aliphatic heterocycles. The van der Waals surface area contributed by atoms with Gasteiger partial charge in [0.05, 0.1) is 31.5 Å². The third kappa shape index (κ3) is 16.1. The summed E-state index contributed by atoms with van der Waals surface area (Å²) in [5.41, 5.74) is 3.08. The molecule has 18 aromatic carbocycles. The molecule has 0 spiro atoms. The Morgan fingerprint density at radius 2 is 0.467 bits per heavy atom. The molecule has 0 fully saturated rings. The zero-order valence-electron chi connectivity index (χ0n) is 66.1. The zero-order chi connectivity index (χ0) is 82.1. The summed E-state index contributed by atoms with van der Waals surface area (Å²) in [6.07, 6.45) is 1.06. The quantitative estimate of drug-likeness (QED) is 0.123. The Labute approximate surface area is 733 Å². The second-order valence-electron chi connectivity index (χ2n) is 28.8. The number of ether oxygens (including phenoxy) is 1. The summed E-state index contributed by atoms with van der Waals surface area (Å²) in [7, 11) is -3.98. The van der Waals surface area contributed by atoms with Crippen molar-refractivity contribution < 1.29 is 13.2 Å². The van der Waals surface area contributed by atoms with Gasteiger partial charge in [0.15, 0.2) is 89.0 Å². The number of fused-ring (bicyclic) bond motifs is 13. The minimum atomic E-state index is -3.44. The van der Waals surface area contributed by atoms with Crippen molar-refractivity contribution >= 4 is 126 Å². The standard InChI is InChI=1S/C19H13OS.C19H15S.C18H13O2S2.C18H13OS.C18H13S2.C18H13S/c20-19-15-10-4-6-12-17(15)21(14-8-2-1-3-9-14)18-13-7-5-11-16(18)19;1-2-10-17(11-3-1)20-18-12-6-4-8-15(18)14-16-9-5-7-13-19(16)20;19-22(20)17-12-6-4-10-15(17)21(14-8-2-1-3-9-14)16-11-5-7-13-18(16)22;2*1-2-8-14(9-3-1)20-17-12-6-4-10-15(17)19-16-11-5-7-13-18(16)20;1-2-8-14(9-3-1)19-17-12-6-4-10-15(17)16-11-5-7-13-18(16)19/h1-13H;1-13H,14H2;1-13H;2*1-13H;1-13H/q6*+1. The molecule has 0 saturated heterocycles. The Morgan fingerprint density at radius 3 is 0.844 bits per heavy atom. The highest BCUT2D eigenvalue weighted by Crippen LogP contribution is 2.52. The van der Waals surface area contributed by atoms with E-state index in [2.05, 4.69) is 340 Å². The molecule has 4 nitrogen and oxygen atoms in total. The van der Waals surface area contributed by atoms with Crippen LogP contribution in [-0.2, 0) is 59.8 Å². The largest absolute Gasteiger partial charge is 0.447 e. The highest BCUT2D eigenvalue weighted by atomic mass is 32.2. The molecule has 20 aromatic rings. The van der Waals surface area contributed by atoms with E-state index in [4.69, 9.17) is 4.74 Å². The molecule has 122 heavy (non-hydrogen) atoms. The Balaban J connectivity index is 0.0000000964. The molecule has 2 aromatic heterocycles. The maximum Gasteiger partial charge on any atom is 0.216 e. The van der Waals surface area contributed by atoms with E-state index in [9.17, 15) is 13.2 Å². The topological polar surface area (TPSA) is 60.4 Å². The first-order valence-electron chi connectivity index (χ1n) is 40.3. The Kier molecular flexibility index (Phi) is 23.7. The molecule has 0 bridgehead atoms. The van der Waals surface area contributed by atoms with Crippen molar-refractivity contribution in [3.8, 4) is 21.3 Å². The zero-order valence-corrected chi connectivity index (χ0v) is 72.7. The lowest BCUT2D eigenvalue weighted by Gasteiger charge is -2.19. The van der Waals surface area contributed by atoms with Gasteiger partial charge in [-0.25, -0.2) is 8.42 Å². The Morgan fingerprint density at radius 1 is 0.221 bits per heavy atom. The highest BCUT2D eigenvalue weighted by molar-refractivity contribution is 8.04. The Hall–Kier alpha value is -12.4. The van der Waals surface area contributed by atoms with Gasteiger partial charge >= 0.3 is 0 Å². The van der Waals surface area contributed by atoms with Gasteiger partial charge in [0, 0.05) is 49.3 Å². The number of rotatable bonds is 6. The van der Waals surface area contributed by atoms with Crippen LogP contribution in [0.25, 0.3) is 50.1 Å². The molecule has 0 N–H and O–H groups in total. The second kappa shape index (κ2) is 36.5. The fourth-order valence-electron chi connectivity index (χ4n) is 15.9. The number of thiophene rings is 1. The summed E-state index contributed by atoms with van der Waals surface area (Å²) in [5.74, 6) is 1.94. The summed E-state index contributed by atoms with van der Waals surface area (Å²) in [4.78, 5) is 34.4. The van der Waals surface area contributed by atoms with Crippen LogP contribution in [0.4, 0.5) is 0 Å². The molecule has 0 atom stereocenters. The number of hydrogen-bond donors (Lipinski definition) is 0. The molecule has 586 valence electrons. The van der Waals surface area contributed by atoms with E-state index >= 15 is 0 Å². The maximum atomic E-state index is 12.9. The molecule has 4 aliphatic rings. The number of para-hydroxylation sites is 2. The third-order valence-corrected chi connectivity index (χ3v) is 38.9. The predicted molar refractivity (Wildman–Crippen MR) is 515 cm³/mol. The van der Waals surface area contributed by atoms with Crippen LogP contribution in [0.2, 0.25) is 0 Å². The summed E-state index contributed by atoms with van der Waals surface area (Å²) >= 11 is 1.89. The number of sulfone groups is 1. The van der Waals surface area contributed by atoms with Gasteiger partial charge in [-0.2, -0.15) is 0 Å². The predicted octanol–water partition coefficient (Wildman–Crippen LogP) is 29.6. The molecule has 0 aliphatic carbocycles. The van der Waals surface area contributed by atoms with Gasteiger partial charge in [-0.15, -0.1) is 0 Å². The van der Waals surface area contributed by atoms with Crippen molar-refractivity contribution in [1.82, 2.24) is 0 Å². The van der Waals surface area contributed by atoms with E-state index in [1.54, 1.807) is 24.3 Å². The van der Waals surface area contributed by atoms with Gasteiger partial charge in [-0.1, -0.05) is 279 Å². The molecule has 12 heteroatoms. The van der Waals surface area contributed by atoms with Gasteiger partial charge in [0.1, 0.15) is 42.5 Å². The molecule has 0 radical (unpaired) electrons. The van der Waals surface area contributed by atoms with Crippen LogP contribution in [0.3, 0.4) is 0 Å². The van der Waals surface area contributed by atoms with Crippen molar-refractivity contribution in [2.45, 2.75) is 84.7 Å². The van der Waals surface area contributed by atoms with Crippen LogP contribution >= 0.6 is 32.7 Å².